The highest BCUT2D eigenvalue weighted by atomic mass is 19.4. The van der Waals surface area contributed by atoms with Gasteiger partial charge < -0.3 is 14.6 Å². The van der Waals surface area contributed by atoms with Gasteiger partial charge in [-0.15, -0.1) is 0 Å². The Morgan fingerprint density at radius 3 is 2.45 bits per heavy atom. The van der Waals surface area contributed by atoms with Crippen molar-refractivity contribution in [3.05, 3.63) is 47.9 Å². The highest BCUT2D eigenvalue weighted by Crippen LogP contribution is 2.34. The number of rotatable bonds is 4. The smallest absolute Gasteiger partial charge is 0.378 e. The minimum Gasteiger partial charge on any atom is -0.378 e. The number of morpholine rings is 1. The number of ether oxygens (including phenoxy) is 1. The summed E-state index contributed by atoms with van der Waals surface area (Å²) in [6.45, 7) is 4.02. The highest BCUT2D eigenvalue weighted by Gasteiger charge is 2.38. The summed E-state index contributed by atoms with van der Waals surface area (Å²) < 4.78 is 47.7. The van der Waals surface area contributed by atoms with Crippen molar-refractivity contribution < 1.29 is 17.9 Å². The molecule has 7 nitrogen and oxygen atoms in total. The molecule has 1 aliphatic heterocycles. The molecule has 3 heterocycles. The Balaban J connectivity index is 1.88. The van der Waals surface area contributed by atoms with Crippen molar-refractivity contribution in [1.82, 2.24) is 19.6 Å². The maximum Gasteiger partial charge on any atom is 0.435 e. The number of hydrogen-bond donors (Lipinski definition) is 0. The number of alkyl halides is 3. The van der Waals surface area contributed by atoms with E-state index >= 15 is 0 Å². The third-order valence-corrected chi connectivity index (χ3v) is 5.13. The SMILES string of the molecule is CC(c1ccccc1)N(C)n1c(N2CCOCC2)nc2c(C(F)(F)F)ncnc21. The molecule has 1 atom stereocenters. The van der Waals surface area contributed by atoms with Crippen LogP contribution < -0.4 is 9.91 Å². The third kappa shape index (κ3) is 3.59. The predicted molar refractivity (Wildman–Crippen MR) is 102 cm³/mol. The van der Waals surface area contributed by atoms with Gasteiger partial charge in [0.15, 0.2) is 11.3 Å². The number of imidazole rings is 1. The number of nitrogens with zero attached hydrogens (tertiary/aromatic N) is 6. The molecule has 29 heavy (non-hydrogen) atoms. The van der Waals surface area contributed by atoms with E-state index in [0.29, 0.717) is 32.3 Å². The quantitative estimate of drug-likeness (QED) is 0.664. The lowest BCUT2D eigenvalue weighted by Crippen LogP contribution is -2.42. The number of anilines is 1. The molecule has 10 heteroatoms. The van der Waals surface area contributed by atoms with Gasteiger partial charge in [0.05, 0.1) is 19.3 Å². The van der Waals surface area contributed by atoms with Gasteiger partial charge in [-0.05, 0) is 12.5 Å². The van der Waals surface area contributed by atoms with Gasteiger partial charge in [-0.25, -0.2) is 19.6 Å². The van der Waals surface area contributed by atoms with Crippen LogP contribution in [0.4, 0.5) is 19.1 Å². The van der Waals surface area contributed by atoms with Crippen LogP contribution in [0.3, 0.4) is 0 Å². The average Bonchev–Trinajstić information content (AvgIpc) is 3.12. The van der Waals surface area contributed by atoms with E-state index in [1.54, 1.807) is 4.68 Å². The van der Waals surface area contributed by atoms with E-state index in [1.165, 1.54) is 0 Å². The van der Waals surface area contributed by atoms with Crippen LogP contribution in [0.15, 0.2) is 36.7 Å². The van der Waals surface area contributed by atoms with Crippen molar-refractivity contribution in [1.29, 1.82) is 0 Å². The van der Waals surface area contributed by atoms with Crippen LogP contribution >= 0.6 is 0 Å². The second kappa shape index (κ2) is 7.51. The monoisotopic (exact) mass is 406 g/mol. The van der Waals surface area contributed by atoms with Crippen LogP contribution in [0.2, 0.25) is 0 Å². The van der Waals surface area contributed by atoms with Crippen LogP contribution in [0.25, 0.3) is 11.2 Å². The first kappa shape index (κ1) is 19.4. The third-order valence-electron chi connectivity index (χ3n) is 5.13. The Morgan fingerprint density at radius 1 is 1.10 bits per heavy atom. The normalized spacial score (nSPS) is 16.2. The Kier molecular flexibility index (Phi) is 5.03. The highest BCUT2D eigenvalue weighted by molar-refractivity contribution is 5.78. The molecule has 0 aliphatic carbocycles. The lowest BCUT2D eigenvalue weighted by molar-refractivity contribution is -0.140. The first-order chi connectivity index (χ1) is 13.9. The van der Waals surface area contributed by atoms with E-state index in [4.69, 9.17) is 4.74 Å². The summed E-state index contributed by atoms with van der Waals surface area (Å²) in [5, 5.41) is 1.85. The summed E-state index contributed by atoms with van der Waals surface area (Å²) >= 11 is 0. The van der Waals surface area contributed by atoms with Crippen molar-refractivity contribution in [2.75, 3.05) is 43.3 Å². The molecule has 1 unspecified atom stereocenters. The van der Waals surface area contributed by atoms with E-state index in [9.17, 15) is 13.2 Å². The van der Waals surface area contributed by atoms with Crippen LogP contribution in [0.1, 0.15) is 24.2 Å². The van der Waals surface area contributed by atoms with Crippen molar-refractivity contribution in [2.45, 2.75) is 19.1 Å². The van der Waals surface area contributed by atoms with E-state index in [2.05, 4.69) is 15.0 Å². The number of hydrogen-bond acceptors (Lipinski definition) is 6. The molecule has 0 spiro atoms. The lowest BCUT2D eigenvalue weighted by Gasteiger charge is -2.34. The Bertz CT molecular complexity index is 985. The largest absolute Gasteiger partial charge is 0.435 e. The molecular formula is C19H21F3N6O. The standard InChI is InChI=1S/C19H21F3N6O/c1-13(14-6-4-3-5-7-14)26(2)28-17-15(16(19(20,21)22)23-12-24-17)25-18(28)27-8-10-29-11-9-27/h3-7,12-13H,8-11H2,1-2H3. The van der Waals surface area contributed by atoms with Gasteiger partial charge in [-0.1, -0.05) is 30.3 Å². The first-order valence-electron chi connectivity index (χ1n) is 9.29. The number of halogens is 3. The maximum absolute atomic E-state index is 13.5. The summed E-state index contributed by atoms with van der Waals surface area (Å²) in [6.07, 6.45) is -3.68. The predicted octanol–water partition coefficient (Wildman–Crippen LogP) is 3.01. The van der Waals surface area contributed by atoms with Crippen LogP contribution in [-0.4, -0.2) is 53.0 Å². The summed E-state index contributed by atoms with van der Waals surface area (Å²) in [6, 6.07) is 9.61. The summed E-state index contributed by atoms with van der Waals surface area (Å²) in [4.78, 5) is 13.9. The number of benzene rings is 1. The van der Waals surface area contributed by atoms with E-state index < -0.39 is 11.9 Å². The Labute approximate surface area is 165 Å². The Hall–Kier alpha value is -2.88. The molecule has 0 amide bonds. The molecule has 154 valence electrons. The van der Waals surface area contributed by atoms with Gasteiger partial charge in [-0.3, -0.25) is 0 Å². The molecule has 0 bridgehead atoms. The van der Waals surface area contributed by atoms with E-state index in [0.717, 1.165) is 11.9 Å². The average molecular weight is 406 g/mol. The zero-order valence-electron chi connectivity index (χ0n) is 16.1. The number of fused-ring (bicyclic) bond motifs is 1. The molecular weight excluding hydrogens is 385 g/mol. The molecule has 4 rings (SSSR count). The van der Waals surface area contributed by atoms with Gasteiger partial charge in [0.25, 0.3) is 0 Å². The summed E-state index contributed by atoms with van der Waals surface area (Å²) in [5.74, 6) is 0.402. The molecule has 2 aromatic heterocycles. The van der Waals surface area contributed by atoms with Crippen molar-refractivity contribution in [3.8, 4) is 0 Å². The molecule has 0 N–H and O–H groups in total. The molecule has 1 aliphatic rings. The van der Waals surface area contributed by atoms with Crippen molar-refractivity contribution >= 4 is 17.1 Å². The minimum absolute atomic E-state index is 0.124. The topological polar surface area (TPSA) is 59.3 Å². The van der Waals surface area contributed by atoms with Gasteiger partial charge in [-0.2, -0.15) is 13.2 Å². The zero-order valence-corrected chi connectivity index (χ0v) is 16.1. The zero-order chi connectivity index (χ0) is 20.6. The summed E-state index contributed by atoms with van der Waals surface area (Å²) in [7, 11) is 1.82. The van der Waals surface area contributed by atoms with Gasteiger partial charge in [0, 0.05) is 20.1 Å². The molecule has 3 aromatic rings. The summed E-state index contributed by atoms with van der Waals surface area (Å²) in [5.41, 5.74) is -0.140. The molecule has 0 radical (unpaired) electrons. The molecule has 1 fully saturated rings. The van der Waals surface area contributed by atoms with E-state index in [1.807, 2.05) is 54.2 Å². The maximum atomic E-state index is 13.5. The van der Waals surface area contributed by atoms with Crippen LogP contribution in [0.5, 0.6) is 0 Å². The fourth-order valence-corrected chi connectivity index (χ4v) is 3.46. The molecule has 0 saturated carbocycles. The second-order valence-corrected chi connectivity index (χ2v) is 6.88. The fourth-order valence-electron chi connectivity index (χ4n) is 3.46. The van der Waals surface area contributed by atoms with Gasteiger partial charge in [0.2, 0.25) is 5.95 Å². The lowest BCUT2D eigenvalue weighted by atomic mass is 10.1. The minimum atomic E-state index is -4.62. The van der Waals surface area contributed by atoms with Crippen molar-refractivity contribution in [3.63, 3.8) is 0 Å². The molecule has 1 saturated heterocycles. The van der Waals surface area contributed by atoms with Gasteiger partial charge >= 0.3 is 6.18 Å². The van der Waals surface area contributed by atoms with E-state index in [-0.39, 0.29) is 17.2 Å². The van der Waals surface area contributed by atoms with Crippen LogP contribution in [0, 0.1) is 0 Å². The number of aromatic nitrogens is 4. The second-order valence-electron chi connectivity index (χ2n) is 6.88. The Morgan fingerprint density at radius 2 is 1.79 bits per heavy atom. The molecule has 1 aromatic carbocycles. The fraction of sp³-hybridized carbons (Fsp3) is 0.421. The van der Waals surface area contributed by atoms with Crippen LogP contribution in [-0.2, 0) is 10.9 Å². The first-order valence-corrected chi connectivity index (χ1v) is 9.29. The van der Waals surface area contributed by atoms with Crippen molar-refractivity contribution in [2.24, 2.45) is 0 Å². The van der Waals surface area contributed by atoms with Gasteiger partial charge in [0.1, 0.15) is 11.8 Å².